The van der Waals surface area contributed by atoms with Crippen LogP contribution in [-0.2, 0) is 4.79 Å². The van der Waals surface area contributed by atoms with Crippen molar-refractivity contribution in [1.82, 2.24) is 5.01 Å². The molecule has 2 rings (SSSR count). The molecule has 0 aliphatic carbocycles. The number of anilines is 1. The summed E-state index contributed by atoms with van der Waals surface area (Å²) in [4.78, 5) is 11.5. The summed E-state index contributed by atoms with van der Waals surface area (Å²) in [7, 11) is 0. The van der Waals surface area contributed by atoms with Crippen LogP contribution in [-0.4, -0.2) is 35.7 Å². The summed E-state index contributed by atoms with van der Waals surface area (Å²) >= 11 is 0. The monoisotopic (exact) mass is 224 g/mol. The molecule has 1 amide bonds. The second-order valence-electron chi connectivity index (χ2n) is 3.59. The van der Waals surface area contributed by atoms with Gasteiger partial charge in [-0.25, -0.2) is 4.39 Å². The third-order valence-electron chi connectivity index (χ3n) is 2.53. The second-order valence-corrected chi connectivity index (χ2v) is 3.59. The smallest absolute Gasteiger partial charge is 0.243 e. The molecule has 0 spiro atoms. The molecule has 1 heterocycles. The zero-order chi connectivity index (χ0) is 11.5. The van der Waals surface area contributed by atoms with Gasteiger partial charge in [-0.2, -0.15) is 0 Å². The molecular weight excluding hydrogens is 211 g/mol. The maximum absolute atomic E-state index is 13.1. The van der Waals surface area contributed by atoms with Crippen LogP contribution in [0.15, 0.2) is 24.3 Å². The number of benzene rings is 1. The molecule has 86 valence electrons. The molecule has 1 saturated heterocycles. The molecule has 0 bridgehead atoms. The van der Waals surface area contributed by atoms with Gasteiger partial charge in [-0.05, 0) is 18.2 Å². The van der Waals surface area contributed by atoms with Gasteiger partial charge in [-0.1, -0.05) is 6.07 Å². The van der Waals surface area contributed by atoms with Crippen LogP contribution in [0.3, 0.4) is 0 Å². The first-order valence-electron chi connectivity index (χ1n) is 5.16. The molecule has 16 heavy (non-hydrogen) atoms. The summed E-state index contributed by atoms with van der Waals surface area (Å²) < 4.78 is 13.1. The fraction of sp³-hybridized carbons (Fsp3) is 0.364. The van der Waals surface area contributed by atoms with E-state index in [9.17, 15) is 9.18 Å². The third kappa shape index (κ3) is 1.99. The molecule has 1 aromatic carbocycles. The summed E-state index contributed by atoms with van der Waals surface area (Å²) in [6.07, 6.45) is 0.399. The minimum absolute atomic E-state index is 0.0432. The Kier molecular flexibility index (Phi) is 3.05. The average Bonchev–Trinajstić information content (AvgIpc) is 2.61. The number of carbonyl (C=O) groups is 1. The van der Waals surface area contributed by atoms with Crippen LogP contribution >= 0.6 is 0 Å². The SMILES string of the molecule is O=C1CCN(c2cccc(F)c2)N1CCO. The van der Waals surface area contributed by atoms with Crippen molar-refractivity contribution < 1.29 is 14.3 Å². The molecule has 0 radical (unpaired) electrons. The van der Waals surface area contributed by atoms with E-state index >= 15 is 0 Å². The predicted octanol–water partition coefficient (Wildman–Crippen LogP) is 0.772. The largest absolute Gasteiger partial charge is 0.394 e. The van der Waals surface area contributed by atoms with E-state index in [1.807, 2.05) is 0 Å². The number of halogens is 1. The van der Waals surface area contributed by atoms with Crippen molar-refractivity contribution >= 4 is 11.6 Å². The lowest BCUT2D eigenvalue weighted by molar-refractivity contribution is -0.128. The van der Waals surface area contributed by atoms with Gasteiger partial charge >= 0.3 is 0 Å². The first-order valence-corrected chi connectivity index (χ1v) is 5.16. The number of nitrogens with zero attached hydrogens (tertiary/aromatic N) is 2. The molecule has 4 nitrogen and oxygen atoms in total. The third-order valence-corrected chi connectivity index (χ3v) is 2.53. The van der Waals surface area contributed by atoms with E-state index in [2.05, 4.69) is 0 Å². The number of rotatable bonds is 3. The Hall–Kier alpha value is -1.62. The quantitative estimate of drug-likeness (QED) is 0.824. The van der Waals surface area contributed by atoms with Crippen molar-refractivity contribution in [2.45, 2.75) is 6.42 Å². The second kappa shape index (κ2) is 4.49. The van der Waals surface area contributed by atoms with Crippen molar-refractivity contribution in [1.29, 1.82) is 0 Å². The highest BCUT2D eigenvalue weighted by Gasteiger charge is 2.28. The van der Waals surface area contributed by atoms with Gasteiger partial charge in [0.2, 0.25) is 5.91 Å². The van der Waals surface area contributed by atoms with Crippen LogP contribution in [0.25, 0.3) is 0 Å². The number of hydrazine groups is 1. The molecule has 0 atom stereocenters. The number of amides is 1. The lowest BCUT2D eigenvalue weighted by atomic mass is 10.3. The average molecular weight is 224 g/mol. The topological polar surface area (TPSA) is 43.8 Å². The van der Waals surface area contributed by atoms with Gasteiger partial charge in [0, 0.05) is 13.0 Å². The van der Waals surface area contributed by atoms with Gasteiger partial charge in [0.25, 0.3) is 0 Å². The van der Waals surface area contributed by atoms with E-state index in [1.54, 1.807) is 17.1 Å². The summed E-state index contributed by atoms with van der Waals surface area (Å²) in [5.74, 6) is -0.376. The van der Waals surface area contributed by atoms with E-state index in [4.69, 9.17) is 5.11 Å². The fourth-order valence-corrected chi connectivity index (χ4v) is 1.83. The van der Waals surface area contributed by atoms with Crippen LogP contribution < -0.4 is 5.01 Å². The van der Waals surface area contributed by atoms with Crippen molar-refractivity contribution in [3.8, 4) is 0 Å². The first kappa shape index (κ1) is 10.9. The Balaban J connectivity index is 2.23. The molecule has 0 saturated carbocycles. The van der Waals surface area contributed by atoms with Crippen LogP contribution in [0.1, 0.15) is 6.42 Å². The summed E-state index contributed by atoms with van der Waals surface area (Å²) in [6, 6.07) is 6.08. The molecular formula is C11H13FN2O2. The Morgan fingerprint density at radius 2 is 2.25 bits per heavy atom. The van der Waals surface area contributed by atoms with Crippen LogP contribution in [0.5, 0.6) is 0 Å². The number of aliphatic hydroxyl groups excluding tert-OH is 1. The zero-order valence-corrected chi connectivity index (χ0v) is 8.77. The molecule has 1 aliphatic heterocycles. The number of β-amino-alcohol motifs (C(OH)–C–C–N with tert-alkyl or cyclic N) is 1. The Morgan fingerprint density at radius 3 is 2.94 bits per heavy atom. The van der Waals surface area contributed by atoms with E-state index in [0.717, 1.165) is 0 Å². The number of hydrogen-bond acceptors (Lipinski definition) is 3. The molecule has 1 aliphatic rings. The molecule has 5 heteroatoms. The van der Waals surface area contributed by atoms with Crippen molar-refractivity contribution in [3.63, 3.8) is 0 Å². The molecule has 0 unspecified atom stereocenters. The fourth-order valence-electron chi connectivity index (χ4n) is 1.83. The maximum atomic E-state index is 13.1. The van der Waals surface area contributed by atoms with Crippen molar-refractivity contribution in [2.75, 3.05) is 24.7 Å². The van der Waals surface area contributed by atoms with E-state index in [-0.39, 0.29) is 24.9 Å². The lowest BCUT2D eigenvalue weighted by Gasteiger charge is -2.29. The summed E-state index contributed by atoms with van der Waals surface area (Å²) in [5, 5.41) is 12.0. The maximum Gasteiger partial charge on any atom is 0.243 e. The van der Waals surface area contributed by atoms with Crippen molar-refractivity contribution in [3.05, 3.63) is 30.1 Å². The van der Waals surface area contributed by atoms with Gasteiger partial charge in [0.05, 0.1) is 18.8 Å². The molecule has 1 aromatic rings. The molecule has 1 N–H and O–H groups in total. The predicted molar refractivity (Wildman–Crippen MR) is 57.2 cm³/mol. The Labute approximate surface area is 92.9 Å². The number of aliphatic hydroxyl groups is 1. The van der Waals surface area contributed by atoms with Crippen molar-refractivity contribution in [2.24, 2.45) is 0 Å². The van der Waals surface area contributed by atoms with E-state index < -0.39 is 0 Å². The summed E-state index contributed by atoms with van der Waals surface area (Å²) in [5.41, 5.74) is 0.638. The highest BCUT2D eigenvalue weighted by Crippen LogP contribution is 2.22. The highest BCUT2D eigenvalue weighted by molar-refractivity contribution is 5.81. The Morgan fingerprint density at radius 1 is 1.44 bits per heavy atom. The minimum atomic E-state index is -0.333. The van der Waals surface area contributed by atoms with Crippen LogP contribution in [0.2, 0.25) is 0 Å². The number of carbonyl (C=O) groups excluding carboxylic acids is 1. The summed E-state index contributed by atoms with van der Waals surface area (Å²) in [6.45, 7) is 0.676. The van der Waals surface area contributed by atoms with E-state index in [0.29, 0.717) is 18.7 Å². The van der Waals surface area contributed by atoms with Gasteiger partial charge in [-0.15, -0.1) is 0 Å². The van der Waals surface area contributed by atoms with Gasteiger partial charge in [0.1, 0.15) is 5.82 Å². The normalized spacial score (nSPS) is 16.0. The lowest BCUT2D eigenvalue weighted by Crippen LogP contribution is -2.40. The van der Waals surface area contributed by atoms with Crippen LogP contribution in [0.4, 0.5) is 10.1 Å². The first-order chi connectivity index (χ1) is 7.72. The van der Waals surface area contributed by atoms with E-state index in [1.165, 1.54) is 17.1 Å². The number of hydrogen-bond donors (Lipinski definition) is 1. The van der Waals surface area contributed by atoms with Gasteiger partial charge in [0.15, 0.2) is 0 Å². The molecule has 0 aromatic heterocycles. The highest BCUT2D eigenvalue weighted by atomic mass is 19.1. The minimum Gasteiger partial charge on any atom is -0.394 e. The standard InChI is InChI=1S/C11H13FN2O2/c12-9-2-1-3-10(8-9)13-5-4-11(16)14(13)6-7-15/h1-3,8,15H,4-7H2. The van der Waals surface area contributed by atoms with Gasteiger partial charge in [-0.3, -0.25) is 14.8 Å². The molecule has 1 fully saturated rings. The van der Waals surface area contributed by atoms with Crippen LogP contribution in [0, 0.1) is 5.82 Å². The Bertz CT molecular complexity index is 397. The van der Waals surface area contributed by atoms with Gasteiger partial charge < -0.3 is 5.11 Å². The zero-order valence-electron chi connectivity index (χ0n) is 8.77.